The van der Waals surface area contributed by atoms with E-state index < -0.39 is 0 Å². The predicted octanol–water partition coefficient (Wildman–Crippen LogP) is 2.06. The van der Waals surface area contributed by atoms with Crippen molar-refractivity contribution >= 4 is 23.4 Å². The lowest BCUT2D eigenvalue weighted by atomic mass is 10.2. The van der Waals surface area contributed by atoms with E-state index in [1.165, 1.54) is 19.3 Å². The number of nitrogens with zero attached hydrogens (tertiary/aromatic N) is 2. The molecule has 1 saturated carbocycles. The molecule has 0 aromatic carbocycles. The summed E-state index contributed by atoms with van der Waals surface area (Å²) in [6, 6.07) is 2.33. The van der Waals surface area contributed by atoms with Crippen LogP contribution in [-0.2, 0) is 0 Å². The molecule has 0 radical (unpaired) electrons. The average molecular weight is 238 g/mol. The summed E-state index contributed by atoms with van der Waals surface area (Å²) in [7, 11) is 0. The van der Waals surface area contributed by atoms with E-state index in [9.17, 15) is 0 Å². The van der Waals surface area contributed by atoms with Gasteiger partial charge in [0.05, 0.1) is 0 Å². The SMILES string of the molecule is CSC1CCCC1Nc1cc(N)nc(C)n1. The Bertz CT molecular complexity index is 349. The molecule has 2 atom stereocenters. The molecule has 1 aromatic heterocycles. The van der Waals surface area contributed by atoms with Crippen molar-refractivity contribution in [1.29, 1.82) is 0 Å². The van der Waals surface area contributed by atoms with Crippen molar-refractivity contribution in [2.45, 2.75) is 37.5 Å². The summed E-state index contributed by atoms with van der Waals surface area (Å²) >= 11 is 1.93. The number of aryl methyl sites for hydroxylation is 1. The fourth-order valence-corrected chi connectivity index (χ4v) is 3.16. The molecule has 2 rings (SSSR count). The van der Waals surface area contributed by atoms with E-state index in [1.807, 2.05) is 24.8 Å². The molecule has 1 fully saturated rings. The van der Waals surface area contributed by atoms with Crippen LogP contribution in [0, 0.1) is 6.92 Å². The molecule has 5 heteroatoms. The lowest BCUT2D eigenvalue weighted by molar-refractivity contribution is 0.761. The molecule has 2 unspecified atom stereocenters. The zero-order chi connectivity index (χ0) is 11.5. The molecule has 1 heterocycles. The fraction of sp³-hybridized carbons (Fsp3) is 0.636. The van der Waals surface area contributed by atoms with E-state index in [0.717, 1.165) is 11.6 Å². The van der Waals surface area contributed by atoms with E-state index in [-0.39, 0.29) is 0 Å². The van der Waals surface area contributed by atoms with Gasteiger partial charge in [-0.25, -0.2) is 9.97 Å². The van der Waals surface area contributed by atoms with Crippen molar-refractivity contribution in [3.05, 3.63) is 11.9 Å². The molecule has 0 aliphatic heterocycles. The van der Waals surface area contributed by atoms with Crippen molar-refractivity contribution in [3.63, 3.8) is 0 Å². The van der Waals surface area contributed by atoms with Crippen LogP contribution in [0.1, 0.15) is 25.1 Å². The van der Waals surface area contributed by atoms with E-state index in [1.54, 1.807) is 0 Å². The number of anilines is 2. The molecule has 0 spiro atoms. The standard InChI is InChI=1S/C11H18N4S/c1-7-13-10(12)6-11(14-7)15-8-4-3-5-9(8)16-2/h6,8-9H,3-5H2,1-2H3,(H3,12,13,14,15). The first kappa shape index (κ1) is 11.5. The first-order chi connectivity index (χ1) is 7.69. The quantitative estimate of drug-likeness (QED) is 0.844. The lowest BCUT2D eigenvalue weighted by Gasteiger charge is -2.19. The van der Waals surface area contributed by atoms with Crippen LogP contribution in [0.4, 0.5) is 11.6 Å². The minimum Gasteiger partial charge on any atom is -0.384 e. The minimum absolute atomic E-state index is 0.517. The zero-order valence-corrected chi connectivity index (χ0v) is 10.5. The van der Waals surface area contributed by atoms with Crippen LogP contribution in [0.2, 0.25) is 0 Å². The highest BCUT2D eigenvalue weighted by atomic mass is 32.2. The van der Waals surface area contributed by atoms with Crippen molar-refractivity contribution in [2.75, 3.05) is 17.3 Å². The molecule has 0 saturated heterocycles. The Labute approximate surface area is 100 Å². The van der Waals surface area contributed by atoms with Crippen molar-refractivity contribution < 1.29 is 0 Å². The second kappa shape index (κ2) is 4.91. The molecule has 0 bridgehead atoms. The summed E-state index contributed by atoms with van der Waals surface area (Å²) in [4.78, 5) is 8.42. The van der Waals surface area contributed by atoms with E-state index in [0.29, 0.717) is 17.1 Å². The van der Waals surface area contributed by atoms with Gasteiger partial charge in [-0.3, -0.25) is 0 Å². The summed E-state index contributed by atoms with van der Waals surface area (Å²) in [6.07, 6.45) is 5.97. The van der Waals surface area contributed by atoms with Crippen LogP contribution < -0.4 is 11.1 Å². The highest BCUT2D eigenvalue weighted by Gasteiger charge is 2.26. The van der Waals surface area contributed by atoms with Crippen LogP contribution in [0.25, 0.3) is 0 Å². The van der Waals surface area contributed by atoms with Crippen LogP contribution in [0.15, 0.2) is 6.07 Å². The van der Waals surface area contributed by atoms with Crippen LogP contribution in [-0.4, -0.2) is 27.5 Å². The Morgan fingerprint density at radius 1 is 1.44 bits per heavy atom. The van der Waals surface area contributed by atoms with Crippen molar-refractivity contribution in [3.8, 4) is 0 Å². The molecule has 1 aliphatic carbocycles. The Morgan fingerprint density at radius 2 is 2.25 bits per heavy atom. The molecule has 1 aliphatic rings. The number of aromatic nitrogens is 2. The maximum atomic E-state index is 5.70. The van der Waals surface area contributed by atoms with Crippen LogP contribution in [0.5, 0.6) is 0 Å². The summed E-state index contributed by atoms with van der Waals surface area (Å²) in [5.74, 6) is 2.12. The van der Waals surface area contributed by atoms with Gasteiger partial charge >= 0.3 is 0 Å². The Kier molecular flexibility index (Phi) is 3.53. The molecule has 4 nitrogen and oxygen atoms in total. The van der Waals surface area contributed by atoms with Gasteiger partial charge in [-0.2, -0.15) is 11.8 Å². The second-order valence-electron chi connectivity index (χ2n) is 4.18. The number of thioether (sulfide) groups is 1. The summed E-state index contributed by atoms with van der Waals surface area (Å²) < 4.78 is 0. The summed E-state index contributed by atoms with van der Waals surface area (Å²) in [5.41, 5.74) is 5.70. The number of hydrogen-bond donors (Lipinski definition) is 2. The Balaban J connectivity index is 2.08. The largest absolute Gasteiger partial charge is 0.384 e. The van der Waals surface area contributed by atoms with Gasteiger partial charge in [0.25, 0.3) is 0 Å². The number of nitrogen functional groups attached to an aromatic ring is 1. The van der Waals surface area contributed by atoms with Crippen LogP contribution in [0.3, 0.4) is 0 Å². The van der Waals surface area contributed by atoms with Gasteiger partial charge in [0.15, 0.2) is 0 Å². The molecule has 88 valence electrons. The minimum atomic E-state index is 0.517. The topological polar surface area (TPSA) is 63.8 Å². The monoisotopic (exact) mass is 238 g/mol. The van der Waals surface area contributed by atoms with Gasteiger partial charge in [0.1, 0.15) is 17.5 Å². The molecular weight excluding hydrogens is 220 g/mol. The average Bonchev–Trinajstić information content (AvgIpc) is 2.63. The van der Waals surface area contributed by atoms with Crippen molar-refractivity contribution in [1.82, 2.24) is 9.97 Å². The molecule has 3 N–H and O–H groups in total. The third kappa shape index (κ3) is 2.58. The molecule has 1 aromatic rings. The third-order valence-corrected chi connectivity index (χ3v) is 4.12. The number of nitrogens with two attached hydrogens (primary N) is 1. The van der Waals surface area contributed by atoms with Gasteiger partial charge in [0, 0.05) is 17.4 Å². The number of nitrogens with one attached hydrogen (secondary N) is 1. The normalized spacial score (nSPS) is 24.6. The van der Waals surface area contributed by atoms with Gasteiger partial charge in [-0.15, -0.1) is 0 Å². The Hall–Kier alpha value is -0.970. The van der Waals surface area contributed by atoms with Crippen molar-refractivity contribution in [2.24, 2.45) is 0 Å². The molecule has 0 amide bonds. The maximum absolute atomic E-state index is 5.70. The highest BCUT2D eigenvalue weighted by molar-refractivity contribution is 7.99. The van der Waals surface area contributed by atoms with Gasteiger partial charge in [0.2, 0.25) is 0 Å². The maximum Gasteiger partial charge on any atom is 0.132 e. The zero-order valence-electron chi connectivity index (χ0n) is 9.73. The first-order valence-corrected chi connectivity index (χ1v) is 6.88. The van der Waals surface area contributed by atoms with Gasteiger partial charge < -0.3 is 11.1 Å². The third-order valence-electron chi connectivity index (χ3n) is 2.95. The number of hydrogen-bond acceptors (Lipinski definition) is 5. The molecular formula is C11H18N4S. The Morgan fingerprint density at radius 3 is 2.94 bits per heavy atom. The van der Waals surface area contributed by atoms with Gasteiger partial charge in [-0.1, -0.05) is 6.42 Å². The predicted molar refractivity (Wildman–Crippen MR) is 69.7 cm³/mol. The smallest absolute Gasteiger partial charge is 0.132 e. The van der Waals surface area contributed by atoms with E-state index >= 15 is 0 Å². The summed E-state index contributed by atoms with van der Waals surface area (Å²) in [5, 5.41) is 4.16. The number of rotatable bonds is 3. The lowest BCUT2D eigenvalue weighted by Crippen LogP contribution is -2.26. The first-order valence-electron chi connectivity index (χ1n) is 5.59. The summed E-state index contributed by atoms with van der Waals surface area (Å²) in [6.45, 7) is 1.86. The van der Waals surface area contributed by atoms with Gasteiger partial charge in [-0.05, 0) is 26.0 Å². The second-order valence-corrected chi connectivity index (χ2v) is 5.26. The highest BCUT2D eigenvalue weighted by Crippen LogP contribution is 2.30. The van der Waals surface area contributed by atoms with E-state index in [2.05, 4.69) is 21.5 Å². The fourth-order valence-electron chi connectivity index (χ4n) is 2.23. The van der Waals surface area contributed by atoms with Crippen LogP contribution >= 0.6 is 11.8 Å². The van der Waals surface area contributed by atoms with E-state index in [4.69, 9.17) is 5.73 Å². The molecule has 16 heavy (non-hydrogen) atoms.